The van der Waals surface area contributed by atoms with Crippen LogP contribution in [0.3, 0.4) is 0 Å². The molecule has 0 bridgehead atoms. The lowest BCUT2D eigenvalue weighted by Gasteiger charge is -2.36. The van der Waals surface area contributed by atoms with Gasteiger partial charge in [-0.1, -0.05) is 91.9 Å². The smallest absolute Gasteiger partial charge is 0.192 e. The van der Waals surface area contributed by atoms with Gasteiger partial charge in [0, 0.05) is 19.7 Å². The Morgan fingerprint density at radius 3 is 1.88 bits per heavy atom. The molecule has 158 valence electrons. The number of hydrogen-bond donors (Lipinski definition) is 2. The summed E-state index contributed by atoms with van der Waals surface area (Å²) in [5, 5.41) is 13.7. The molecule has 1 atom stereocenters. The number of nitrogens with one attached hydrogen (secondary N) is 1. The summed E-state index contributed by atoms with van der Waals surface area (Å²) in [4.78, 5) is 0. The highest BCUT2D eigenvalue weighted by Crippen LogP contribution is 2.36. The maximum absolute atomic E-state index is 10.1. The maximum Gasteiger partial charge on any atom is 0.192 e. The third kappa shape index (κ3) is 14.2. The van der Waals surface area contributed by atoms with Gasteiger partial charge in [-0.2, -0.15) is 0 Å². The zero-order valence-electron chi connectivity index (χ0n) is 18.8. The first-order valence-corrected chi connectivity index (χ1v) is 14.1. The average Bonchev–Trinajstić information content (AvgIpc) is 2.55. The van der Waals surface area contributed by atoms with E-state index in [1.165, 1.54) is 57.8 Å². The second-order valence-electron chi connectivity index (χ2n) is 9.44. The summed E-state index contributed by atoms with van der Waals surface area (Å²) in [5.41, 5.74) is 0. The quantitative estimate of drug-likeness (QED) is 0.228. The molecule has 26 heavy (non-hydrogen) atoms. The first-order chi connectivity index (χ1) is 12.2. The number of aliphatic hydroxyl groups excluding tert-OH is 1. The van der Waals surface area contributed by atoms with Crippen molar-refractivity contribution in [2.24, 2.45) is 0 Å². The van der Waals surface area contributed by atoms with Crippen molar-refractivity contribution in [3.05, 3.63) is 0 Å². The molecular weight excluding hydrogens is 338 g/mol. The number of aliphatic hydroxyl groups is 1. The Hall–Kier alpha value is 0.0969. The van der Waals surface area contributed by atoms with Crippen molar-refractivity contribution >= 4 is 8.32 Å². The van der Waals surface area contributed by atoms with E-state index in [9.17, 15) is 5.11 Å². The fourth-order valence-corrected chi connectivity index (χ4v) is 3.88. The van der Waals surface area contributed by atoms with E-state index >= 15 is 0 Å². The Labute approximate surface area is 165 Å². The molecule has 0 saturated carbocycles. The van der Waals surface area contributed by atoms with Crippen molar-refractivity contribution in [1.29, 1.82) is 0 Å². The van der Waals surface area contributed by atoms with Crippen molar-refractivity contribution in [1.82, 2.24) is 5.32 Å². The van der Waals surface area contributed by atoms with Gasteiger partial charge in [0.25, 0.3) is 0 Å². The van der Waals surface area contributed by atoms with Crippen LogP contribution in [0, 0.1) is 0 Å². The second kappa shape index (κ2) is 15.1. The number of unbranched alkanes of at least 4 members (excludes halogenated alkanes) is 9. The molecule has 0 aliphatic carbocycles. The molecule has 0 fully saturated rings. The molecule has 0 amide bonds. The van der Waals surface area contributed by atoms with Gasteiger partial charge in [0.15, 0.2) is 8.32 Å². The number of rotatable bonds is 17. The van der Waals surface area contributed by atoms with Gasteiger partial charge in [0.05, 0.1) is 6.10 Å². The predicted molar refractivity (Wildman–Crippen MR) is 118 cm³/mol. The third-order valence-electron chi connectivity index (χ3n) is 5.82. The topological polar surface area (TPSA) is 41.5 Å². The molecule has 0 aromatic rings. The Morgan fingerprint density at radius 1 is 0.885 bits per heavy atom. The fraction of sp³-hybridized carbons (Fsp3) is 1.00. The monoisotopic (exact) mass is 387 g/mol. The molecule has 0 radical (unpaired) electrons. The summed E-state index contributed by atoms with van der Waals surface area (Å²) >= 11 is 0. The van der Waals surface area contributed by atoms with E-state index < -0.39 is 8.32 Å². The first-order valence-electron chi connectivity index (χ1n) is 11.2. The minimum absolute atomic E-state index is 0.211. The largest absolute Gasteiger partial charge is 0.416 e. The van der Waals surface area contributed by atoms with Crippen LogP contribution in [0.1, 0.15) is 98.3 Å². The molecule has 1 unspecified atom stereocenters. The van der Waals surface area contributed by atoms with Crippen molar-refractivity contribution in [3.63, 3.8) is 0 Å². The van der Waals surface area contributed by atoms with Crippen LogP contribution in [0.15, 0.2) is 0 Å². The van der Waals surface area contributed by atoms with Gasteiger partial charge >= 0.3 is 0 Å². The molecular formula is C22H49NO2Si. The van der Waals surface area contributed by atoms with E-state index in [2.05, 4.69) is 46.1 Å². The van der Waals surface area contributed by atoms with Gasteiger partial charge in [0.1, 0.15) is 0 Å². The molecule has 0 aromatic carbocycles. The van der Waals surface area contributed by atoms with Crippen LogP contribution in [0.25, 0.3) is 0 Å². The lowest BCUT2D eigenvalue weighted by atomic mass is 10.0. The van der Waals surface area contributed by atoms with Crippen molar-refractivity contribution in [3.8, 4) is 0 Å². The highest BCUT2D eigenvalue weighted by atomic mass is 28.4. The summed E-state index contributed by atoms with van der Waals surface area (Å²) in [7, 11) is -1.63. The minimum atomic E-state index is -1.63. The van der Waals surface area contributed by atoms with Crippen LogP contribution < -0.4 is 5.32 Å². The standard InChI is InChI=1S/C22H49NO2Si/c1-7-8-9-10-11-12-13-14-15-16-17-21(24)20-23-18-19-25-26(5,6)22(2,3)4/h21,23-24H,7-20H2,1-6H3. The highest BCUT2D eigenvalue weighted by molar-refractivity contribution is 6.74. The van der Waals surface area contributed by atoms with Crippen LogP contribution in [0.5, 0.6) is 0 Å². The van der Waals surface area contributed by atoms with Crippen LogP contribution in [-0.2, 0) is 4.43 Å². The van der Waals surface area contributed by atoms with Gasteiger partial charge < -0.3 is 14.8 Å². The summed E-state index contributed by atoms with van der Waals surface area (Å²) in [6.45, 7) is 15.9. The molecule has 0 aromatic heterocycles. The van der Waals surface area contributed by atoms with Gasteiger partial charge in [0.2, 0.25) is 0 Å². The van der Waals surface area contributed by atoms with Crippen LogP contribution in [0.2, 0.25) is 18.1 Å². The van der Waals surface area contributed by atoms with E-state index in [1.807, 2.05) is 0 Å². The molecule has 3 nitrogen and oxygen atoms in total. The summed E-state index contributed by atoms with van der Waals surface area (Å²) < 4.78 is 6.14. The molecule has 2 N–H and O–H groups in total. The van der Waals surface area contributed by atoms with Crippen molar-refractivity contribution in [2.45, 2.75) is 123 Å². The second-order valence-corrected chi connectivity index (χ2v) is 14.2. The van der Waals surface area contributed by atoms with Gasteiger partial charge in [-0.25, -0.2) is 0 Å². The first kappa shape index (κ1) is 26.1. The molecule has 0 rings (SSSR count). The van der Waals surface area contributed by atoms with E-state index in [4.69, 9.17) is 4.43 Å². The predicted octanol–water partition coefficient (Wildman–Crippen LogP) is 6.27. The normalized spacial score (nSPS) is 14.0. The van der Waals surface area contributed by atoms with Gasteiger partial charge in [-0.15, -0.1) is 0 Å². The zero-order chi connectivity index (χ0) is 19.9. The maximum atomic E-state index is 10.1. The Bertz CT molecular complexity index is 316. The van der Waals surface area contributed by atoms with E-state index in [1.54, 1.807) is 0 Å². The summed E-state index contributed by atoms with van der Waals surface area (Å²) in [5.74, 6) is 0. The SMILES string of the molecule is CCCCCCCCCCCCC(O)CNCCO[Si](C)(C)C(C)(C)C. The molecule has 0 heterocycles. The minimum Gasteiger partial charge on any atom is -0.416 e. The Morgan fingerprint density at radius 2 is 1.38 bits per heavy atom. The van der Waals surface area contributed by atoms with Crippen LogP contribution in [0.4, 0.5) is 0 Å². The average molecular weight is 388 g/mol. The Balaban J connectivity index is 3.41. The fourth-order valence-electron chi connectivity index (χ4n) is 2.83. The number of hydrogen-bond acceptors (Lipinski definition) is 3. The van der Waals surface area contributed by atoms with Crippen LogP contribution >= 0.6 is 0 Å². The van der Waals surface area contributed by atoms with E-state index in [0.29, 0.717) is 6.54 Å². The summed E-state index contributed by atoms with van der Waals surface area (Å²) in [6, 6.07) is 0. The zero-order valence-corrected chi connectivity index (χ0v) is 19.8. The third-order valence-corrected chi connectivity index (χ3v) is 10.4. The van der Waals surface area contributed by atoms with Gasteiger partial charge in [-0.3, -0.25) is 0 Å². The molecule has 0 aliphatic heterocycles. The Kier molecular flexibility index (Phi) is 15.1. The van der Waals surface area contributed by atoms with E-state index in [0.717, 1.165) is 26.0 Å². The highest BCUT2D eigenvalue weighted by Gasteiger charge is 2.36. The molecule has 0 saturated heterocycles. The van der Waals surface area contributed by atoms with Crippen molar-refractivity contribution < 1.29 is 9.53 Å². The molecule has 0 aliphatic rings. The van der Waals surface area contributed by atoms with Crippen LogP contribution in [-0.4, -0.2) is 39.2 Å². The van der Waals surface area contributed by atoms with E-state index in [-0.39, 0.29) is 11.1 Å². The lowest BCUT2D eigenvalue weighted by Crippen LogP contribution is -2.42. The van der Waals surface area contributed by atoms with Crippen molar-refractivity contribution in [2.75, 3.05) is 19.7 Å². The van der Waals surface area contributed by atoms with Gasteiger partial charge in [-0.05, 0) is 24.6 Å². The molecule has 4 heteroatoms. The molecule has 0 spiro atoms. The lowest BCUT2D eigenvalue weighted by molar-refractivity contribution is 0.155. The summed E-state index contributed by atoms with van der Waals surface area (Å²) in [6.07, 6.45) is 14.2.